The lowest BCUT2D eigenvalue weighted by molar-refractivity contribution is -0.148. The molecule has 35 heavy (non-hydrogen) atoms. The fraction of sp³-hybridized carbons (Fsp3) is 0.444. The molecule has 8 heteroatoms. The Bertz CT molecular complexity index is 1080. The normalized spacial score (nSPS) is 23.4. The molecule has 1 aliphatic heterocycles. The van der Waals surface area contributed by atoms with Gasteiger partial charge in [0.2, 0.25) is 5.91 Å². The molecule has 1 saturated heterocycles. The molecule has 184 valence electrons. The van der Waals surface area contributed by atoms with Crippen molar-refractivity contribution in [3.63, 3.8) is 0 Å². The monoisotopic (exact) mass is 494 g/mol. The van der Waals surface area contributed by atoms with E-state index in [4.69, 9.17) is 4.74 Å². The van der Waals surface area contributed by atoms with E-state index in [0.29, 0.717) is 11.6 Å². The molecule has 2 aromatic carbocycles. The van der Waals surface area contributed by atoms with E-state index < -0.39 is 18.1 Å². The predicted molar refractivity (Wildman–Crippen MR) is 134 cm³/mol. The molecule has 3 atom stereocenters. The molecule has 2 aromatic rings. The Hall–Kier alpha value is -3.00. The molecule has 3 aliphatic rings. The van der Waals surface area contributed by atoms with Gasteiger partial charge in [0.25, 0.3) is 0 Å². The SMILES string of the molecule is O=C(N[C@H]1CCCC[C@H]1CC(=O)N1CSCC1C(=O)O)OCC1c2ccccc2-c2ccccc21. The number of carboxylic acids is 1. The van der Waals surface area contributed by atoms with Gasteiger partial charge >= 0.3 is 12.1 Å². The predicted octanol–water partition coefficient (Wildman–Crippen LogP) is 4.46. The molecule has 0 aromatic heterocycles. The second-order valence-electron chi connectivity index (χ2n) is 9.54. The Morgan fingerprint density at radius 3 is 2.34 bits per heavy atom. The third-order valence-corrected chi connectivity index (χ3v) is 8.49. The molecular formula is C27H30N2O5S. The summed E-state index contributed by atoms with van der Waals surface area (Å²) >= 11 is 1.46. The third kappa shape index (κ3) is 4.89. The number of nitrogens with zero attached hydrogens (tertiary/aromatic N) is 1. The van der Waals surface area contributed by atoms with E-state index in [9.17, 15) is 19.5 Å². The van der Waals surface area contributed by atoms with Crippen LogP contribution in [0, 0.1) is 5.92 Å². The number of carbonyl (C=O) groups is 3. The van der Waals surface area contributed by atoms with Crippen LogP contribution >= 0.6 is 11.8 Å². The topological polar surface area (TPSA) is 95.9 Å². The minimum atomic E-state index is -0.958. The Labute approximate surface area is 209 Å². The van der Waals surface area contributed by atoms with E-state index in [1.807, 2.05) is 24.3 Å². The number of benzene rings is 2. The molecule has 1 saturated carbocycles. The standard InChI is InChI=1S/C27H30N2O5S/c30-25(29-16-35-15-24(29)26(31)32)13-17-7-1-6-12-23(17)28-27(33)34-14-22-20-10-4-2-8-18(20)19-9-3-5-11-21(19)22/h2-5,8-11,17,22-24H,1,6-7,12-16H2,(H,28,33)(H,31,32)/t17-,23-,24?/m0/s1. The molecule has 0 spiro atoms. The van der Waals surface area contributed by atoms with Crippen LogP contribution in [0.25, 0.3) is 11.1 Å². The minimum absolute atomic E-state index is 0.00232. The number of carboxylic acid groups (broad SMARTS) is 1. The number of alkyl carbamates (subject to hydrolysis) is 1. The maximum absolute atomic E-state index is 12.9. The van der Waals surface area contributed by atoms with E-state index >= 15 is 0 Å². The third-order valence-electron chi connectivity index (χ3n) is 7.48. The van der Waals surface area contributed by atoms with Crippen LogP contribution in [0.5, 0.6) is 0 Å². The van der Waals surface area contributed by atoms with Crippen LogP contribution in [0.3, 0.4) is 0 Å². The van der Waals surface area contributed by atoms with Crippen LogP contribution in [-0.2, 0) is 14.3 Å². The number of hydrogen-bond donors (Lipinski definition) is 2. The van der Waals surface area contributed by atoms with Crippen LogP contribution in [0.2, 0.25) is 0 Å². The first-order valence-electron chi connectivity index (χ1n) is 12.2. The van der Waals surface area contributed by atoms with Gasteiger partial charge in [-0.15, -0.1) is 11.8 Å². The Morgan fingerprint density at radius 1 is 1.00 bits per heavy atom. The van der Waals surface area contributed by atoms with E-state index in [-0.39, 0.29) is 36.8 Å². The highest BCUT2D eigenvalue weighted by Crippen LogP contribution is 2.44. The number of carbonyl (C=O) groups excluding carboxylic acids is 2. The molecule has 1 unspecified atom stereocenters. The number of thioether (sulfide) groups is 1. The van der Waals surface area contributed by atoms with Crippen molar-refractivity contribution in [1.29, 1.82) is 0 Å². The summed E-state index contributed by atoms with van der Waals surface area (Å²) in [6.45, 7) is 0.251. The first-order valence-corrected chi connectivity index (χ1v) is 13.4. The average Bonchev–Trinajstić information content (AvgIpc) is 3.48. The molecule has 2 aliphatic carbocycles. The van der Waals surface area contributed by atoms with Crippen molar-refractivity contribution < 1.29 is 24.2 Å². The van der Waals surface area contributed by atoms with Crippen molar-refractivity contribution in [3.8, 4) is 11.1 Å². The summed E-state index contributed by atoms with van der Waals surface area (Å²) in [5.74, 6) is -0.289. The van der Waals surface area contributed by atoms with Gasteiger partial charge in [-0.05, 0) is 41.0 Å². The molecular weight excluding hydrogens is 464 g/mol. The molecule has 2 amide bonds. The first kappa shape index (κ1) is 23.7. The number of fused-ring (bicyclic) bond motifs is 3. The number of ether oxygens (including phenoxy) is 1. The lowest BCUT2D eigenvalue weighted by Gasteiger charge is -2.33. The molecule has 7 nitrogen and oxygen atoms in total. The Balaban J connectivity index is 1.20. The highest BCUT2D eigenvalue weighted by Gasteiger charge is 2.37. The van der Waals surface area contributed by atoms with Crippen LogP contribution in [0.15, 0.2) is 48.5 Å². The Kier molecular flexibility index (Phi) is 7.00. The molecule has 0 bridgehead atoms. The number of amides is 2. The quantitative estimate of drug-likeness (QED) is 0.616. The average molecular weight is 495 g/mol. The molecule has 1 heterocycles. The smallest absolute Gasteiger partial charge is 0.407 e. The van der Waals surface area contributed by atoms with Gasteiger partial charge in [-0.2, -0.15) is 0 Å². The second kappa shape index (κ2) is 10.3. The van der Waals surface area contributed by atoms with Crippen molar-refractivity contribution in [2.75, 3.05) is 18.2 Å². The van der Waals surface area contributed by atoms with Crippen molar-refractivity contribution in [1.82, 2.24) is 10.2 Å². The summed E-state index contributed by atoms with van der Waals surface area (Å²) in [5, 5.41) is 12.4. The number of hydrogen-bond acceptors (Lipinski definition) is 5. The zero-order valence-electron chi connectivity index (χ0n) is 19.5. The molecule has 2 N–H and O–H groups in total. The maximum Gasteiger partial charge on any atom is 0.407 e. The van der Waals surface area contributed by atoms with Gasteiger partial charge in [0.15, 0.2) is 0 Å². The van der Waals surface area contributed by atoms with Crippen LogP contribution in [-0.4, -0.2) is 58.3 Å². The summed E-state index contributed by atoms with van der Waals surface area (Å²) in [6.07, 6.45) is 3.39. The lowest BCUT2D eigenvalue weighted by atomic mass is 9.82. The first-order chi connectivity index (χ1) is 17.0. The van der Waals surface area contributed by atoms with Crippen molar-refractivity contribution >= 4 is 29.7 Å². The molecule has 2 fully saturated rings. The van der Waals surface area contributed by atoms with Gasteiger partial charge < -0.3 is 20.1 Å². The van der Waals surface area contributed by atoms with Gasteiger partial charge in [0.05, 0.1) is 5.88 Å². The van der Waals surface area contributed by atoms with Crippen molar-refractivity contribution in [3.05, 3.63) is 59.7 Å². The van der Waals surface area contributed by atoms with Crippen LogP contribution in [0.4, 0.5) is 4.79 Å². The summed E-state index contributed by atoms with van der Waals surface area (Å²) < 4.78 is 5.72. The van der Waals surface area contributed by atoms with Gasteiger partial charge in [-0.1, -0.05) is 61.4 Å². The fourth-order valence-corrected chi connectivity index (χ4v) is 6.84. The van der Waals surface area contributed by atoms with Crippen molar-refractivity contribution in [2.45, 2.75) is 50.1 Å². The summed E-state index contributed by atoms with van der Waals surface area (Å²) in [4.78, 5) is 38.6. The van der Waals surface area contributed by atoms with E-state index in [1.54, 1.807) is 0 Å². The zero-order chi connectivity index (χ0) is 24.4. The second-order valence-corrected chi connectivity index (χ2v) is 10.5. The highest BCUT2D eigenvalue weighted by molar-refractivity contribution is 7.99. The summed E-state index contributed by atoms with van der Waals surface area (Å²) in [7, 11) is 0. The van der Waals surface area contributed by atoms with E-state index in [2.05, 4.69) is 29.6 Å². The number of rotatable bonds is 6. The Morgan fingerprint density at radius 2 is 1.66 bits per heavy atom. The molecule has 5 rings (SSSR count). The fourth-order valence-electron chi connectivity index (χ4n) is 5.67. The van der Waals surface area contributed by atoms with Gasteiger partial charge in [-0.25, -0.2) is 9.59 Å². The van der Waals surface area contributed by atoms with E-state index in [0.717, 1.165) is 25.7 Å². The zero-order valence-corrected chi connectivity index (χ0v) is 20.3. The summed E-state index contributed by atoms with van der Waals surface area (Å²) in [6, 6.07) is 15.5. The van der Waals surface area contributed by atoms with E-state index in [1.165, 1.54) is 38.9 Å². The van der Waals surface area contributed by atoms with Crippen LogP contribution < -0.4 is 5.32 Å². The highest BCUT2D eigenvalue weighted by atomic mass is 32.2. The van der Waals surface area contributed by atoms with Gasteiger partial charge in [0, 0.05) is 24.1 Å². The van der Waals surface area contributed by atoms with Gasteiger partial charge in [0.1, 0.15) is 12.6 Å². The number of aliphatic carboxylic acids is 1. The number of nitrogens with one attached hydrogen (secondary N) is 1. The molecule has 0 radical (unpaired) electrons. The minimum Gasteiger partial charge on any atom is -0.480 e. The van der Waals surface area contributed by atoms with Crippen molar-refractivity contribution in [2.24, 2.45) is 5.92 Å². The maximum atomic E-state index is 12.9. The summed E-state index contributed by atoms with van der Waals surface area (Å²) in [5.41, 5.74) is 4.70. The van der Waals surface area contributed by atoms with Crippen LogP contribution in [0.1, 0.15) is 49.1 Å². The lowest BCUT2D eigenvalue weighted by Crippen LogP contribution is -2.46. The largest absolute Gasteiger partial charge is 0.480 e. The van der Waals surface area contributed by atoms with Gasteiger partial charge in [-0.3, -0.25) is 4.79 Å².